The first-order chi connectivity index (χ1) is 6.22. The SMILES string of the molecule is B=Cc1cc(OC)c(OC)cc1F. The Morgan fingerprint density at radius 2 is 1.77 bits per heavy atom. The van der Waals surface area contributed by atoms with Crippen LogP contribution in [0.5, 0.6) is 11.5 Å². The van der Waals surface area contributed by atoms with Gasteiger partial charge in [0.2, 0.25) is 0 Å². The fraction of sp³-hybridized carbons (Fsp3) is 0.222. The predicted molar refractivity (Wildman–Crippen MR) is 51.8 cm³/mol. The molecule has 0 unspecified atom stereocenters. The van der Waals surface area contributed by atoms with Gasteiger partial charge in [0.25, 0.3) is 0 Å². The van der Waals surface area contributed by atoms with Gasteiger partial charge < -0.3 is 0 Å². The van der Waals surface area contributed by atoms with Crippen molar-refractivity contribution in [3.63, 3.8) is 0 Å². The topological polar surface area (TPSA) is 18.5 Å². The number of methoxy groups -OCH3 is 2. The quantitative estimate of drug-likeness (QED) is 0.643. The molecule has 0 aliphatic carbocycles. The summed E-state index contributed by atoms with van der Waals surface area (Å²) in [6.07, 6.45) is 0. The Labute approximate surface area is 77.4 Å². The van der Waals surface area contributed by atoms with Crippen molar-refractivity contribution in [3.8, 4) is 11.5 Å². The zero-order chi connectivity index (χ0) is 9.84. The summed E-state index contributed by atoms with van der Waals surface area (Å²) in [4.78, 5) is 0. The molecule has 0 fully saturated rings. The summed E-state index contributed by atoms with van der Waals surface area (Å²) in [6, 6.07) is 2.82. The molecule has 0 aromatic heterocycles. The van der Waals surface area contributed by atoms with E-state index in [1.165, 1.54) is 26.3 Å². The first kappa shape index (κ1) is 9.77. The third-order valence-corrected chi connectivity index (χ3v) is 1.72. The van der Waals surface area contributed by atoms with E-state index in [1.807, 2.05) is 0 Å². The van der Waals surface area contributed by atoms with Gasteiger partial charge in [0, 0.05) is 0 Å². The number of halogens is 1. The summed E-state index contributed by atoms with van der Waals surface area (Å²) in [5.74, 6) is 1.94. The summed E-state index contributed by atoms with van der Waals surface area (Å²) in [5.41, 5.74) is 0.401. The van der Waals surface area contributed by atoms with Crippen LogP contribution in [0.3, 0.4) is 0 Å². The standard InChI is InChI=1S/C9H10BFO2/c1-12-8-3-6(5-10)7(11)4-9(8)13-2/h3-5,10H,1-2H3. The van der Waals surface area contributed by atoms with Gasteiger partial charge in [-0.2, -0.15) is 0 Å². The van der Waals surface area contributed by atoms with E-state index in [9.17, 15) is 4.39 Å². The van der Waals surface area contributed by atoms with Gasteiger partial charge in [-0.25, -0.2) is 0 Å². The molecule has 0 amide bonds. The molecule has 0 saturated heterocycles. The summed E-state index contributed by atoms with van der Waals surface area (Å²) in [5, 5.41) is 0. The molecule has 0 saturated carbocycles. The van der Waals surface area contributed by atoms with Gasteiger partial charge in [0.05, 0.1) is 0 Å². The Morgan fingerprint density at radius 1 is 1.23 bits per heavy atom. The zero-order valence-electron chi connectivity index (χ0n) is 7.63. The normalized spacial score (nSPS) is 9.38. The predicted octanol–water partition coefficient (Wildman–Crippen LogP) is 0.894. The first-order valence-corrected chi connectivity index (χ1v) is 3.77. The number of benzene rings is 1. The second-order valence-electron chi connectivity index (χ2n) is 2.43. The van der Waals surface area contributed by atoms with Crippen LogP contribution in [0.15, 0.2) is 12.1 Å². The Bertz CT molecular complexity index is 326. The van der Waals surface area contributed by atoms with Gasteiger partial charge in [0.1, 0.15) is 0 Å². The molecule has 2 nitrogen and oxygen atoms in total. The monoisotopic (exact) mass is 180 g/mol. The minimum absolute atomic E-state index is 0.368. The Balaban J connectivity index is 3.26. The van der Waals surface area contributed by atoms with Gasteiger partial charge in [0.15, 0.2) is 0 Å². The van der Waals surface area contributed by atoms with E-state index >= 15 is 0 Å². The van der Waals surface area contributed by atoms with Crippen LogP contribution < -0.4 is 9.47 Å². The fourth-order valence-corrected chi connectivity index (χ4v) is 1.03. The van der Waals surface area contributed by atoms with E-state index < -0.39 is 0 Å². The van der Waals surface area contributed by atoms with E-state index in [-0.39, 0.29) is 5.82 Å². The second kappa shape index (κ2) is 4.07. The van der Waals surface area contributed by atoms with Crippen molar-refractivity contribution < 1.29 is 13.9 Å². The number of ether oxygens (including phenoxy) is 2. The average molecular weight is 180 g/mol. The van der Waals surface area contributed by atoms with Crippen LogP contribution in [0.25, 0.3) is 0 Å². The van der Waals surface area contributed by atoms with Crippen molar-refractivity contribution in [3.05, 3.63) is 23.5 Å². The molecule has 1 aromatic rings. The Morgan fingerprint density at radius 3 is 2.23 bits per heavy atom. The van der Waals surface area contributed by atoms with E-state index in [1.54, 1.807) is 6.07 Å². The summed E-state index contributed by atoms with van der Waals surface area (Å²) >= 11 is 0. The van der Waals surface area contributed by atoms with Crippen LogP contribution in [0.4, 0.5) is 4.39 Å². The molecule has 0 aliphatic heterocycles. The number of rotatable bonds is 3. The first-order valence-electron chi connectivity index (χ1n) is 3.77. The van der Waals surface area contributed by atoms with E-state index in [0.29, 0.717) is 17.1 Å². The fourth-order valence-electron chi connectivity index (χ4n) is 1.03. The van der Waals surface area contributed by atoms with Crippen LogP contribution in [0.2, 0.25) is 0 Å². The van der Waals surface area contributed by atoms with Crippen molar-refractivity contribution in [2.45, 2.75) is 0 Å². The molecule has 0 aliphatic rings. The van der Waals surface area contributed by atoms with Crippen LogP contribution in [0.1, 0.15) is 5.56 Å². The molecule has 0 heterocycles. The summed E-state index contributed by atoms with van der Waals surface area (Å²) < 4.78 is 23.1. The van der Waals surface area contributed by atoms with Crippen molar-refractivity contribution in [2.24, 2.45) is 0 Å². The molecule has 4 heteroatoms. The van der Waals surface area contributed by atoms with Gasteiger partial charge in [-0.05, 0) is 0 Å². The molecular weight excluding hydrogens is 170 g/mol. The molecule has 1 aromatic carbocycles. The molecule has 0 N–H and O–H groups in total. The molecule has 1 rings (SSSR count). The van der Waals surface area contributed by atoms with Crippen molar-refractivity contribution in [2.75, 3.05) is 14.2 Å². The summed E-state index contributed by atoms with van der Waals surface area (Å²) in [7, 11) is 6.45. The summed E-state index contributed by atoms with van der Waals surface area (Å²) in [6.45, 7) is 0. The zero-order valence-corrected chi connectivity index (χ0v) is 7.63. The maximum absolute atomic E-state index is 13.1. The molecular formula is C9H10BFO2. The number of hydrogen-bond acceptors (Lipinski definition) is 2. The Kier molecular flexibility index (Phi) is 3.06. The molecule has 13 heavy (non-hydrogen) atoms. The minimum atomic E-state index is -0.368. The van der Waals surface area contributed by atoms with Gasteiger partial charge in [-0.3, -0.25) is 0 Å². The molecule has 68 valence electrons. The Hall–Kier alpha value is -1.32. The van der Waals surface area contributed by atoms with Gasteiger partial charge in [-0.1, -0.05) is 0 Å². The van der Waals surface area contributed by atoms with Gasteiger partial charge in [-0.15, -0.1) is 0 Å². The second-order valence-corrected chi connectivity index (χ2v) is 2.43. The van der Waals surface area contributed by atoms with Crippen molar-refractivity contribution in [1.82, 2.24) is 0 Å². The molecule has 0 bridgehead atoms. The van der Waals surface area contributed by atoms with E-state index in [4.69, 9.17) is 9.47 Å². The average Bonchev–Trinajstić information content (AvgIpc) is 2.17. The third-order valence-electron chi connectivity index (χ3n) is 1.72. The molecule has 0 atom stereocenters. The molecule has 0 radical (unpaired) electrons. The van der Waals surface area contributed by atoms with E-state index in [0.717, 1.165) is 0 Å². The van der Waals surface area contributed by atoms with E-state index in [2.05, 4.69) is 7.49 Å². The maximum atomic E-state index is 13.1. The van der Waals surface area contributed by atoms with Crippen molar-refractivity contribution >= 4 is 13.5 Å². The van der Waals surface area contributed by atoms with Crippen LogP contribution in [-0.4, -0.2) is 27.7 Å². The number of hydrogen-bond donors (Lipinski definition) is 0. The van der Waals surface area contributed by atoms with Gasteiger partial charge >= 0.3 is 76.6 Å². The van der Waals surface area contributed by atoms with Crippen molar-refractivity contribution in [1.29, 1.82) is 0 Å². The van der Waals surface area contributed by atoms with Crippen LogP contribution >= 0.6 is 0 Å². The van der Waals surface area contributed by atoms with Crippen LogP contribution in [0, 0.1) is 5.82 Å². The van der Waals surface area contributed by atoms with Crippen LogP contribution in [-0.2, 0) is 0 Å². The molecule has 0 spiro atoms. The third kappa shape index (κ3) is 1.88.